The van der Waals surface area contributed by atoms with Gasteiger partial charge in [0.1, 0.15) is 11.6 Å². The third-order valence-corrected chi connectivity index (χ3v) is 2.98. The van der Waals surface area contributed by atoms with E-state index in [-0.39, 0.29) is 18.2 Å². The first-order valence-corrected chi connectivity index (χ1v) is 5.66. The molecule has 1 aliphatic heterocycles. The maximum atomic E-state index is 11.4. The molecule has 16 heavy (non-hydrogen) atoms. The summed E-state index contributed by atoms with van der Waals surface area (Å²) in [7, 11) is 0. The van der Waals surface area contributed by atoms with Crippen LogP contribution < -0.4 is 10.5 Å². The Labute approximate surface area is 94.1 Å². The monoisotopic (exact) mass is 223 g/mol. The van der Waals surface area contributed by atoms with Crippen LogP contribution >= 0.6 is 0 Å². The van der Waals surface area contributed by atoms with Crippen molar-refractivity contribution in [3.05, 3.63) is 22.2 Å². The topological polar surface area (TPSA) is 69.2 Å². The highest BCUT2D eigenvalue weighted by molar-refractivity contribution is 5.39. The Hall–Kier alpha value is -1.36. The molecule has 88 valence electrons. The average molecular weight is 223 g/mol. The lowest BCUT2D eigenvalue weighted by Gasteiger charge is -2.35. The molecule has 5 nitrogen and oxygen atoms in total. The van der Waals surface area contributed by atoms with Gasteiger partial charge in [-0.25, -0.2) is 4.98 Å². The molecule has 0 aliphatic carbocycles. The largest absolute Gasteiger partial charge is 0.394 e. The lowest BCUT2D eigenvalue weighted by molar-refractivity contribution is 0.239. The molecule has 0 bridgehead atoms. The van der Waals surface area contributed by atoms with E-state index < -0.39 is 0 Å². The zero-order valence-electron chi connectivity index (χ0n) is 9.44. The van der Waals surface area contributed by atoms with E-state index in [1.54, 1.807) is 6.92 Å². The SMILES string of the molecule is Cc1nc(N2CCCCC2CO)cc(=O)[nH]1. The van der Waals surface area contributed by atoms with E-state index >= 15 is 0 Å². The first kappa shape index (κ1) is 11.1. The zero-order chi connectivity index (χ0) is 11.5. The first-order chi connectivity index (χ1) is 7.70. The molecule has 2 N–H and O–H groups in total. The summed E-state index contributed by atoms with van der Waals surface area (Å²) in [5.41, 5.74) is -0.134. The van der Waals surface area contributed by atoms with Gasteiger partial charge in [0.15, 0.2) is 0 Å². The molecule has 0 amide bonds. The number of piperidine rings is 1. The summed E-state index contributed by atoms with van der Waals surface area (Å²) < 4.78 is 0. The Balaban J connectivity index is 2.30. The van der Waals surface area contributed by atoms with E-state index in [1.807, 2.05) is 4.90 Å². The smallest absolute Gasteiger partial charge is 0.252 e. The van der Waals surface area contributed by atoms with Gasteiger partial charge in [0.25, 0.3) is 5.56 Å². The lowest BCUT2D eigenvalue weighted by atomic mass is 10.0. The second-order valence-corrected chi connectivity index (χ2v) is 4.21. The molecule has 0 radical (unpaired) electrons. The molecule has 1 aliphatic rings. The van der Waals surface area contributed by atoms with Gasteiger partial charge in [-0.05, 0) is 26.2 Å². The molecule has 5 heteroatoms. The third-order valence-electron chi connectivity index (χ3n) is 2.98. The number of aliphatic hydroxyl groups is 1. The van der Waals surface area contributed by atoms with Gasteiger partial charge in [0.2, 0.25) is 0 Å². The van der Waals surface area contributed by atoms with Crippen LogP contribution in [-0.4, -0.2) is 34.3 Å². The van der Waals surface area contributed by atoms with Crippen molar-refractivity contribution >= 4 is 5.82 Å². The van der Waals surface area contributed by atoms with E-state index in [0.717, 1.165) is 25.8 Å². The summed E-state index contributed by atoms with van der Waals surface area (Å²) in [6, 6.07) is 1.60. The number of hydrogen-bond acceptors (Lipinski definition) is 4. The van der Waals surface area contributed by atoms with Crippen molar-refractivity contribution in [3.63, 3.8) is 0 Å². The molecule has 1 unspecified atom stereocenters. The summed E-state index contributed by atoms with van der Waals surface area (Å²) >= 11 is 0. The van der Waals surface area contributed by atoms with Gasteiger partial charge in [-0.1, -0.05) is 0 Å². The van der Waals surface area contributed by atoms with Gasteiger partial charge in [-0.15, -0.1) is 0 Å². The highest BCUT2D eigenvalue weighted by atomic mass is 16.3. The molecule has 1 aromatic heterocycles. The number of aryl methyl sites for hydroxylation is 1. The van der Waals surface area contributed by atoms with Crippen molar-refractivity contribution < 1.29 is 5.11 Å². The molecule has 0 spiro atoms. The second kappa shape index (κ2) is 4.65. The van der Waals surface area contributed by atoms with Gasteiger partial charge < -0.3 is 15.0 Å². The van der Waals surface area contributed by atoms with Crippen molar-refractivity contribution in [2.24, 2.45) is 0 Å². The Morgan fingerprint density at radius 3 is 3.12 bits per heavy atom. The van der Waals surface area contributed by atoms with Crippen molar-refractivity contribution in [3.8, 4) is 0 Å². The minimum absolute atomic E-state index is 0.0995. The molecule has 1 saturated heterocycles. The number of aromatic nitrogens is 2. The van der Waals surface area contributed by atoms with Crippen molar-refractivity contribution in [2.45, 2.75) is 32.2 Å². The zero-order valence-corrected chi connectivity index (χ0v) is 9.44. The summed E-state index contributed by atoms with van der Waals surface area (Å²) in [5.74, 6) is 1.30. The fourth-order valence-electron chi connectivity index (χ4n) is 2.20. The van der Waals surface area contributed by atoms with Crippen LogP contribution in [0.4, 0.5) is 5.82 Å². The lowest BCUT2D eigenvalue weighted by Crippen LogP contribution is -2.43. The first-order valence-electron chi connectivity index (χ1n) is 5.66. The van der Waals surface area contributed by atoms with Crippen LogP contribution in [0.25, 0.3) is 0 Å². The van der Waals surface area contributed by atoms with E-state index in [0.29, 0.717) is 11.6 Å². The Morgan fingerprint density at radius 1 is 1.62 bits per heavy atom. The van der Waals surface area contributed by atoms with Crippen molar-refractivity contribution in [1.82, 2.24) is 9.97 Å². The minimum Gasteiger partial charge on any atom is -0.394 e. The fraction of sp³-hybridized carbons (Fsp3) is 0.636. The maximum Gasteiger partial charge on any atom is 0.252 e. The highest BCUT2D eigenvalue weighted by Crippen LogP contribution is 2.21. The molecule has 1 aromatic rings. The van der Waals surface area contributed by atoms with Crippen LogP contribution in [-0.2, 0) is 0 Å². The second-order valence-electron chi connectivity index (χ2n) is 4.21. The number of nitrogens with one attached hydrogen (secondary N) is 1. The molecule has 0 aromatic carbocycles. The van der Waals surface area contributed by atoms with E-state index in [2.05, 4.69) is 9.97 Å². The molecule has 1 fully saturated rings. The van der Waals surface area contributed by atoms with Crippen LogP contribution in [0.2, 0.25) is 0 Å². The van der Waals surface area contributed by atoms with Gasteiger partial charge >= 0.3 is 0 Å². The fourth-order valence-corrected chi connectivity index (χ4v) is 2.20. The summed E-state index contributed by atoms with van der Waals surface area (Å²) in [5, 5.41) is 9.31. The summed E-state index contributed by atoms with van der Waals surface area (Å²) in [4.78, 5) is 20.3. The molecular weight excluding hydrogens is 206 g/mol. The molecule has 2 rings (SSSR count). The van der Waals surface area contributed by atoms with E-state index in [1.165, 1.54) is 6.07 Å². The van der Waals surface area contributed by atoms with Crippen LogP contribution in [0, 0.1) is 6.92 Å². The number of nitrogens with zero attached hydrogens (tertiary/aromatic N) is 2. The minimum atomic E-state index is -0.134. The normalized spacial score (nSPS) is 21.1. The van der Waals surface area contributed by atoms with Crippen molar-refractivity contribution in [2.75, 3.05) is 18.1 Å². The van der Waals surface area contributed by atoms with E-state index in [4.69, 9.17) is 0 Å². The third kappa shape index (κ3) is 2.24. The van der Waals surface area contributed by atoms with Crippen LogP contribution in [0.15, 0.2) is 10.9 Å². The van der Waals surface area contributed by atoms with Gasteiger partial charge in [0, 0.05) is 12.6 Å². The van der Waals surface area contributed by atoms with Crippen LogP contribution in [0.3, 0.4) is 0 Å². The molecule has 1 atom stereocenters. The molecular formula is C11H17N3O2. The van der Waals surface area contributed by atoms with E-state index in [9.17, 15) is 9.90 Å². The Kier molecular flexibility index (Phi) is 3.24. The van der Waals surface area contributed by atoms with Crippen LogP contribution in [0.1, 0.15) is 25.1 Å². The number of hydrogen-bond donors (Lipinski definition) is 2. The highest BCUT2D eigenvalue weighted by Gasteiger charge is 2.23. The maximum absolute atomic E-state index is 11.4. The Bertz CT molecular complexity index is 416. The number of aliphatic hydroxyl groups excluding tert-OH is 1. The molecule has 2 heterocycles. The Morgan fingerprint density at radius 2 is 2.44 bits per heavy atom. The standard InChI is InChI=1S/C11H17N3O2/c1-8-12-10(6-11(16)13-8)14-5-3-2-4-9(14)7-15/h6,9,15H,2-5,7H2,1H3,(H,12,13,16). The number of rotatable bonds is 2. The summed E-state index contributed by atoms with van der Waals surface area (Å²) in [6.45, 7) is 2.75. The van der Waals surface area contributed by atoms with Crippen LogP contribution in [0.5, 0.6) is 0 Å². The van der Waals surface area contributed by atoms with Crippen molar-refractivity contribution in [1.29, 1.82) is 0 Å². The number of aromatic amines is 1. The quantitative estimate of drug-likeness (QED) is 0.763. The summed E-state index contributed by atoms with van der Waals surface area (Å²) in [6.07, 6.45) is 3.18. The number of anilines is 1. The number of H-pyrrole nitrogens is 1. The van der Waals surface area contributed by atoms with Gasteiger partial charge in [-0.3, -0.25) is 4.79 Å². The van der Waals surface area contributed by atoms with Gasteiger partial charge in [0.05, 0.1) is 12.6 Å². The predicted octanol–water partition coefficient (Wildman–Crippen LogP) is 0.430. The average Bonchev–Trinajstić information content (AvgIpc) is 2.27. The predicted molar refractivity (Wildman–Crippen MR) is 61.7 cm³/mol. The molecule has 0 saturated carbocycles. The van der Waals surface area contributed by atoms with Gasteiger partial charge in [-0.2, -0.15) is 0 Å².